The molecule has 0 aliphatic rings. The highest BCUT2D eigenvalue weighted by molar-refractivity contribution is 6.03. The Morgan fingerprint density at radius 3 is 1.82 bits per heavy atom. The summed E-state index contributed by atoms with van der Waals surface area (Å²) in [6.07, 6.45) is 2.44. The van der Waals surface area contributed by atoms with Crippen molar-refractivity contribution in [2.24, 2.45) is 5.92 Å². The van der Waals surface area contributed by atoms with Crippen LogP contribution < -0.4 is 0 Å². The van der Waals surface area contributed by atoms with Gasteiger partial charge in [0.25, 0.3) is 0 Å². The van der Waals surface area contributed by atoms with Crippen LogP contribution in [0.15, 0.2) is 54.6 Å². The minimum Gasteiger partial charge on any atom is -0.0654 e. The molecular weight excluding hydrogens is 264 g/mol. The van der Waals surface area contributed by atoms with Crippen molar-refractivity contribution in [1.29, 1.82) is 0 Å². The van der Waals surface area contributed by atoms with E-state index in [1.165, 1.54) is 39.9 Å². The smallest absolute Gasteiger partial charge is 0.00401 e. The molecule has 0 N–H and O–H groups in total. The summed E-state index contributed by atoms with van der Waals surface area (Å²) in [6, 6.07) is 20.1. The zero-order valence-electron chi connectivity index (χ0n) is 14.2. The van der Waals surface area contributed by atoms with Gasteiger partial charge in [-0.05, 0) is 50.9 Å². The van der Waals surface area contributed by atoms with E-state index in [9.17, 15) is 0 Å². The van der Waals surface area contributed by atoms with E-state index in [1.807, 2.05) is 0 Å². The number of hydrogen-bond donors (Lipinski definition) is 0. The van der Waals surface area contributed by atoms with Gasteiger partial charge < -0.3 is 0 Å². The van der Waals surface area contributed by atoms with Crippen LogP contribution in [-0.2, 0) is 5.41 Å². The summed E-state index contributed by atoms with van der Waals surface area (Å²) in [5, 5.41) is 5.56. The highest BCUT2D eigenvalue weighted by Crippen LogP contribution is 2.44. The van der Waals surface area contributed by atoms with Crippen LogP contribution in [0.2, 0.25) is 0 Å². The molecule has 0 heteroatoms. The summed E-state index contributed by atoms with van der Waals surface area (Å²) in [5.74, 6) is 0.613. The molecule has 0 aromatic heterocycles. The molecule has 0 aliphatic heterocycles. The highest BCUT2D eigenvalue weighted by Gasteiger charge is 2.32. The van der Waals surface area contributed by atoms with Gasteiger partial charge in [0.1, 0.15) is 0 Å². The first kappa shape index (κ1) is 15.1. The van der Waals surface area contributed by atoms with E-state index in [2.05, 4.69) is 82.3 Å². The van der Waals surface area contributed by atoms with Crippen LogP contribution in [0.1, 0.15) is 46.1 Å². The Kier molecular flexibility index (Phi) is 3.95. The Hall–Kier alpha value is -1.82. The second kappa shape index (κ2) is 5.76. The predicted octanol–water partition coefficient (Wildman–Crippen LogP) is 6.71. The molecule has 114 valence electrons. The maximum absolute atomic E-state index is 2.45. The predicted molar refractivity (Wildman–Crippen MR) is 98.6 cm³/mol. The fourth-order valence-corrected chi connectivity index (χ4v) is 3.85. The molecule has 0 nitrogen and oxygen atoms in total. The SMILES string of the molecule is CCCC(C)(c1c2ccccc2cc2ccccc12)C(C)C. The van der Waals surface area contributed by atoms with Crippen molar-refractivity contribution in [1.82, 2.24) is 0 Å². The van der Waals surface area contributed by atoms with Gasteiger partial charge in [-0.2, -0.15) is 0 Å². The Bertz CT molecular complexity index is 743. The van der Waals surface area contributed by atoms with Crippen LogP contribution in [0.4, 0.5) is 0 Å². The van der Waals surface area contributed by atoms with E-state index < -0.39 is 0 Å². The van der Waals surface area contributed by atoms with E-state index in [1.54, 1.807) is 0 Å². The monoisotopic (exact) mass is 290 g/mol. The lowest BCUT2D eigenvalue weighted by Gasteiger charge is -2.36. The standard InChI is InChI=1S/C22H26/c1-5-14-22(4,16(2)3)21-19-12-8-6-10-17(19)15-18-11-7-9-13-20(18)21/h6-13,15-16H,5,14H2,1-4H3. The van der Waals surface area contributed by atoms with Crippen molar-refractivity contribution in [3.05, 3.63) is 60.2 Å². The van der Waals surface area contributed by atoms with Crippen molar-refractivity contribution in [3.63, 3.8) is 0 Å². The van der Waals surface area contributed by atoms with Crippen LogP contribution in [0, 0.1) is 5.92 Å². The van der Waals surface area contributed by atoms with Gasteiger partial charge in [0.05, 0.1) is 0 Å². The summed E-state index contributed by atoms with van der Waals surface area (Å²) in [6.45, 7) is 9.49. The second-order valence-corrected chi connectivity index (χ2v) is 7.02. The normalized spacial score (nSPS) is 14.6. The Morgan fingerprint density at radius 2 is 1.36 bits per heavy atom. The molecule has 0 heterocycles. The maximum Gasteiger partial charge on any atom is -0.00401 e. The zero-order chi connectivity index (χ0) is 15.7. The van der Waals surface area contributed by atoms with Gasteiger partial charge in [-0.25, -0.2) is 0 Å². The minimum atomic E-state index is 0.204. The van der Waals surface area contributed by atoms with E-state index >= 15 is 0 Å². The third-order valence-corrected chi connectivity index (χ3v) is 5.39. The first-order valence-electron chi connectivity index (χ1n) is 8.49. The number of rotatable bonds is 4. The van der Waals surface area contributed by atoms with E-state index in [0.29, 0.717) is 5.92 Å². The summed E-state index contributed by atoms with van der Waals surface area (Å²) in [4.78, 5) is 0. The lowest BCUT2D eigenvalue weighted by Crippen LogP contribution is -2.29. The molecule has 3 aromatic carbocycles. The van der Waals surface area contributed by atoms with Gasteiger partial charge in [-0.1, -0.05) is 82.6 Å². The number of fused-ring (bicyclic) bond motifs is 2. The first-order valence-corrected chi connectivity index (χ1v) is 8.49. The summed E-state index contributed by atoms with van der Waals surface area (Å²) in [7, 11) is 0. The van der Waals surface area contributed by atoms with Gasteiger partial charge in [0, 0.05) is 0 Å². The fraction of sp³-hybridized carbons (Fsp3) is 0.364. The van der Waals surface area contributed by atoms with E-state index in [4.69, 9.17) is 0 Å². The van der Waals surface area contributed by atoms with Crippen molar-refractivity contribution in [2.45, 2.75) is 46.0 Å². The zero-order valence-corrected chi connectivity index (χ0v) is 14.2. The van der Waals surface area contributed by atoms with Crippen LogP contribution in [0.3, 0.4) is 0 Å². The molecule has 22 heavy (non-hydrogen) atoms. The van der Waals surface area contributed by atoms with Crippen LogP contribution >= 0.6 is 0 Å². The Balaban J connectivity index is 2.46. The van der Waals surface area contributed by atoms with Gasteiger partial charge >= 0.3 is 0 Å². The molecule has 1 atom stereocenters. The van der Waals surface area contributed by atoms with Gasteiger partial charge in [0.15, 0.2) is 0 Å². The van der Waals surface area contributed by atoms with Crippen molar-refractivity contribution in [3.8, 4) is 0 Å². The van der Waals surface area contributed by atoms with Crippen LogP contribution in [-0.4, -0.2) is 0 Å². The third kappa shape index (κ3) is 2.31. The Morgan fingerprint density at radius 1 is 0.864 bits per heavy atom. The molecule has 0 amide bonds. The molecule has 3 aromatic rings. The van der Waals surface area contributed by atoms with Gasteiger partial charge in [-0.15, -0.1) is 0 Å². The van der Waals surface area contributed by atoms with Crippen LogP contribution in [0.25, 0.3) is 21.5 Å². The fourth-order valence-electron chi connectivity index (χ4n) is 3.85. The largest absolute Gasteiger partial charge is 0.0654 e. The summed E-state index contributed by atoms with van der Waals surface area (Å²) < 4.78 is 0. The lowest BCUT2D eigenvalue weighted by molar-refractivity contribution is 0.316. The first-order chi connectivity index (χ1) is 10.6. The number of benzene rings is 3. The molecular formula is C22H26. The topological polar surface area (TPSA) is 0 Å². The quantitative estimate of drug-likeness (QED) is 0.468. The van der Waals surface area contributed by atoms with Crippen molar-refractivity contribution < 1.29 is 0 Å². The molecule has 0 saturated carbocycles. The van der Waals surface area contributed by atoms with Gasteiger partial charge in [-0.3, -0.25) is 0 Å². The molecule has 1 unspecified atom stereocenters. The third-order valence-electron chi connectivity index (χ3n) is 5.39. The average Bonchev–Trinajstić information content (AvgIpc) is 2.52. The molecule has 0 aliphatic carbocycles. The van der Waals surface area contributed by atoms with Gasteiger partial charge in [0.2, 0.25) is 0 Å². The van der Waals surface area contributed by atoms with E-state index in [0.717, 1.165) is 0 Å². The molecule has 0 saturated heterocycles. The summed E-state index contributed by atoms with van der Waals surface area (Å²) in [5.41, 5.74) is 1.74. The summed E-state index contributed by atoms with van der Waals surface area (Å²) >= 11 is 0. The van der Waals surface area contributed by atoms with Crippen molar-refractivity contribution >= 4 is 21.5 Å². The molecule has 0 spiro atoms. The molecule has 0 radical (unpaired) electrons. The highest BCUT2D eigenvalue weighted by atomic mass is 14.4. The Labute approximate surface area is 134 Å². The second-order valence-electron chi connectivity index (χ2n) is 7.02. The maximum atomic E-state index is 2.45. The molecule has 0 bridgehead atoms. The minimum absolute atomic E-state index is 0.204. The number of hydrogen-bond acceptors (Lipinski definition) is 0. The lowest BCUT2D eigenvalue weighted by atomic mass is 9.67. The van der Waals surface area contributed by atoms with Crippen molar-refractivity contribution in [2.75, 3.05) is 0 Å². The average molecular weight is 290 g/mol. The van der Waals surface area contributed by atoms with E-state index in [-0.39, 0.29) is 5.41 Å². The van der Waals surface area contributed by atoms with Crippen LogP contribution in [0.5, 0.6) is 0 Å². The molecule has 0 fully saturated rings. The molecule has 3 rings (SSSR count).